The highest BCUT2D eigenvalue weighted by Crippen LogP contribution is 2.22. The van der Waals surface area contributed by atoms with Gasteiger partial charge in [-0.25, -0.2) is 4.98 Å². The summed E-state index contributed by atoms with van der Waals surface area (Å²) in [6, 6.07) is 5.60. The highest BCUT2D eigenvalue weighted by molar-refractivity contribution is 5.96. The molecule has 11 heteroatoms. The van der Waals surface area contributed by atoms with Crippen molar-refractivity contribution in [2.45, 2.75) is 26.6 Å². The molecule has 162 valence electrons. The summed E-state index contributed by atoms with van der Waals surface area (Å²) in [6.45, 7) is 1.99. The van der Waals surface area contributed by atoms with Crippen LogP contribution in [0.1, 0.15) is 29.8 Å². The minimum absolute atomic E-state index is 0.00453. The van der Waals surface area contributed by atoms with Gasteiger partial charge in [-0.1, -0.05) is 13.8 Å². The van der Waals surface area contributed by atoms with Gasteiger partial charge in [0.05, 0.1) is 7.11 Å². The smallest absolute Gasteiger partial charge is 0.422 e. The van der Waals surface area contributed by atoms with E-state index in [0.29, 0.717) is 5.56 Å². The molecular formula is C19H21F3N4O4. The van der Waals surface area contributed by atoms with Crippen LogP contribution >= 0.6 is 0 Å². The van der Waals surface area contributed by atoms with Crippen LogP contribution in [-0.4, -0.2) is 41.7 Å². The van der Waals surface area contributed by atoms with E-state index in [9.17, 15) is 22.8 Å². The molecule has 2 rings (SSSR count). The minimum atomic E-state index is -4.49. The van der Waals surface area contributed by atoms with Gasteiger partial charge in [-0.3, -0.25) is 9.59 Å². The number of methoxy groups -OCH3 is 1. The van der Waals surface area contributed by atoms with Crippen LogP contribution in [-0.2, 0) is 11.3 Å². The molecule has 0 aromatic carbocycles. The number of carbonyl (C=O) groups is 2. The first-order chi connectivity index (χ1) is 14.1. The zero-order valence-electron chi connectivity index (χ0n) is 16.5. The first-order valence-electron chi connectivity index (χ1n) is 8.87. The zero-order valence-corrected chi connectivity index (χ0v) is 16.5. The van der Waals surface area contributed by atoms with Gasteiger partial charge in [-0.05, 0) is 18.2 Å². The molecule has 0 spiro atoms. The molecule has 0 saturated heterocycles. The Morgan fingerprint density at radius 3 is 2.57 bits per heavy atom. The number of amides is 2. The average molecular weight is 426 g/mol. The van der Waals surface area contributed by atoms with Crippen molar-refractivity contribution < 1.29 is 32.2 Å². The molecule has 0 saturated carbocycles. The number of anilines is 1. The van der Waals surface area contributed by atoms with Crippen LogP contribution in [0.15, 0.2) is 30.5 Å². The second-order valence-corrected chi connectivity index (χ2v) is 6.48. The fourth-order valence-corrected chi connectivity index (χ4v) is 2.19. The van der Waals surface area contributed by atoms with Gasteiger partial charge in [-0.15, -0.1) is 0 Å². The molecule has 0 unspecified atom stereocenters. The van der Waals surface area contributed by atoms with Crippen molar-refractivity contribution in [1.29, 1.82) is 0 Å². The summed E-state index contributed by atoms with van der Waals surface area (Å²) in [5.74, 6) is -0.909. The molecule has 30 heavy (non-hydrogen) atoms. The summed E-state index contributed by atoms with van der Waals surface area (Å²) in [5, 5.41) is 5.25. The highest BCUT2D eigenvalue weighted by Gasteiger charge is 2.28. The van der Waals surface area contributed by atoms with Gasteiger partial charge in [0, 0.05) is 35.9 Å². The molecule has 2 N–H and O–H groups in total. The van der Waals surface area contributed by atoms with E-state index in [1.165, 1.54) is 37.6 Å². The topological polar surface area (TPSA) is 102 Å². The molecule has 2 aromatic rings. The lowest BCUT2D eigenvalue weighted by Crippen LogP contribution is -2.24. The van der Waals surface area contributed by atoms with Crippen molar-refractivity contribution in [3.63, 3.8) is 0 Å². The van der Waals surface area contributed by atoms with Crippen LogP contribution < -0.4 is 20.1 Å². The van der Waals surface area contributed by atoms with E-state index in [1.54, 1.807) is 13.8 Å². The molecule has 0 aliphatic heterocycles. The van der Waals surface area contributed by atoms with E-state index in [1.807, 2.05) is 0 Å². The Balaban J connectivity index is 2.02. The molecule has 0 aliphatic rings. The average Bonchev–Trinajstić information content (AvgIpc) is 2.70. The zero-order chi connectivity index (χ0) is 22.3. The summed E-state index contributed by atoms with van der Waals surface area (Å²) < 4.78 is 46.4. The Morgan fingerprint density at radius 2 is 1.93 bits per heavy atom. The quantitative estimate of drug-likeness (QED) is 0.673. The Kier molecular flexibility index (Phi) is 7.56. The van der Waals surface area contributed by atoms with E-state index >= 15 is 0 Å². The number of rotatable bonds is 8. The number of carbonyl (C=O) groups excluding carboxylic acids is 2. The lowest BCUT2D eigenvalue weighted by molar-refractivity contribution is -0.154. The number of ether oxygens (including phenoxy) is 2. The monoisotopic (exact) mass is 426 g/mol. The van der Waals surface area contributed by atoms with Crippen molar-refractivity contribution in [3.8, 4) is 11.8 Å². The van der Waals surface area contributed by atoms with Gasteiger partial charge < -0.3 is 20.1 Å². The van der Waals surface area contributed by atoms with Crippen LogP contribution in [0, 0.1) is 5.92 Å². The van der Waals surface area contributed by atoms with Crippen LogP contribution in [0.2, 0.25) is 0 Å². The Bertz CT molecular complexity index is 904. The third kappa shape index (κ3) is 6.90. The van der Waals surface area contributed by atoms with E-state index < -0.39 is 18.7 Å². The van der Waals surface area contributed by atoms with Crippen molar-refractivity contribution in [2.24, 2.45) is 5.92 Å². The van der Waals surface area contributed by atoms with Crippen molar-refractivity contribution in [1.82, 2.24) is 15.3 Å². The second-order valence-electron chi connectivity index (χ2n) is 6.48. The Morgan fingerprint density at radius 1 is 1.20 bits per heavy atom. The summed E-state index contributed by atoms with van der Waals surface area (Å²) in [7, 11) is 1.30. The number of halogens is 3. The van der Waals surface area contributed by atoms with Gasteiger partial charge in [-0.2, -0.15) is 18.2 Å². The normalized spacial score (nSPS) is 11.2. The number of hydrogen-bond donors (Lipinski definition) is 2. The van der Waals surface area contributed by atoms with Gasteiger partial charge in [0.2, 0.25) is 17.7 Å². The number of alkyl halides is 3. The Hall–Kier alpha value is -3.37. The summed E-state index contributed by atoms with van der Waals surface area (Å²) in [4.78, 5) is 32.0. The van der Waals surface area contributed by atoms with Crippen LogP contribution in [0.5, 0.6) is 11.8 Å². The number of nitrogens with one attached hydrogen (secondary N) is 2. The van der Waals surface area contributed by atoms with E-state index in [0.717, 1.165) is 0 Å². The summed E-state index contributed by atoms with van der Waals surface area (Å²) >= 11 is 0. The van der Waals surface area contributed by atoms with Gasteiger partial charge in [0.1, 0.15) is 5.82 Å². The maximum absolute atomic E-state index is 12.4. The van der Waals surface area contributed by atoms with E-state index in [4.69, 9.17) is 4.74 Å². The molecule has 2 heterocycles. The molecule has 0 atom stereocenters. The minimum Gasteiger partial charge on any atom is -0.481 e. The lowest BCUT2D eigenvalue weighted by atomic mass is 10.2. The standard InChI is InChI=1S/C19H21F3N4O4/c1-11(2)16(27)25-14-8-12(6-7-23-14)17(28)24-9-13-4-5-15(26-18(13)29-3)30-10-19(20,21)22/h4-8,11H,9-10H2,1-3H3,(H,24,28)(H,23,25,27). The SMILES string of the molecule is COc1nc(OCC(F)(F)F)ccc1CNC(=O)c1ccnc(NC(=O)C(C)C)c1. The van der Waals surface area contributed by atoms with Crippen molar-refractivity contribution >= 4 is 17.6 Å². The van der Waals surface area contributed by atoms with Gasteiger partial charge in [0.25, 0.3) is 5.91 Å². The number of nitrogens with zero attached hydrogens (tertiary/aromatic N) is 2. The number of pyridine rings is 2. The molecular weight excluding hydrogens is 405 g/mol. The third-order valence-electron chi connectivity index (χ3n) is 3.73. The fourth-order valence-electron chi connectivity index (χ4n) is 2.19. The van der Waals surface area contributed by atoms with Crippen LogP contribution in [0.25, 0.3) is 0 Å². The summed E-state index contributed by atoms with van der Waals surface area (Å²) in [6.07, 6.45) is -3.10. The van der Waals surface area contributed by atoms with E-state index in [2.05, 4.69) is 25.3 Å². The van der Waals surface area contributed by atoms with Gasteiger partial charge >= 0.3 is 6.18 Å². The van der Waals surface area contributed by atoms with Crippen molar-refractivity contribution in [3.05, 3.63) is 41.6 Å². The van der Waals surface area contributed by atoms with Crippen molar-refractivity contribution in [2.75, 3.05) is 19.0 Å². The molecule has 0 fully saturated rings. The van der Waals surface area contributed by atoms with E-state index in [-0.39, 0.29) is 41.5 Å². The first kappa shape index (κ1) is 22.9. The largest absolute Gasteiger partial charge is 0.481 e. The molecule has 0 aliphatic carbocycles. The number of hydrogen-bond acceptors (Lipinski definition) is 6. The van der Waals surface area contributed by atoms with Gasteiger partial charge in [0.15, 0.2) is 6.61 Å². The number of aromatic nitrogens is 2. The third-order valence-corrected chi connectivity index (χ3v) is 3.73. The first-order valence-corrected chi connectivity index (χ1v) is 8.87. The lowest BCUT2D eigenvalue weighted by Gasteiger charge is -2.12. The molecule has 2 aromatic heterocycles. The highest BCUT2D eigenvalue weighted by atomic mass is 19.4. The summed E-state index contributed by atoms with van der Waals surface area (Å²) in [5.41, 5.74) is 0.703. The molecule has 2 amide bonds. The maximum atomic E-state index is 12.4. The predicted octanol–water partition coefficient (Wildman–Crippen LogP) is 2.95. The predicted molar refractivity (Wildman–Crippen MR) is 101 cm³/mol. The fraction of sp³-hybridized carbons (Fsp3) is 0.368. The molecule has 8 nitrogen and oxygen atoms in total. The second kappa shape index (κ2) is 9.90. The van der Waals surface area contributed by atoms with Crippen LogP contribution in [0.3, 0.4) is 0 Å². The molecule has 0 bridgehead atoms. The maximum Gasteiger partial charge on any atom is 0.422 e. The van der Waals surface area contributed by atoms with Crippen LogP contribution in [0.4, 0.5) is 19.0 Å². The molecule has 0 radical (unpaired) electrons. The Labute approximate surface area is 170 Å².